The van der Waals surface area contributed by atoms with Crippen LogP contribution >= 0.6 is 0 Å². The van der Waals surface area contributed by atoms with Gasteiger partial charge in [0.05, 0.1) is 7.11 Å². The summed E-state index contributed by atoms with van der Waals surface area (Å²) in [5, 5.41) is 3.34. The molecule has 0 amide bonds. The molecule has 1 aromatic carbocycles. The van der Waals surface area contributed by atoms with Gasteiger partial charge in [-0.1, -0.05) is 32.1 Å². The second kappa shape index (κ2) is 8.56. The molecule has 0 heterocycles. The number of hydrogen-bond acceptors (Lipinski definition) is 5. The van der Waals surface area contributed by atoms with E-state index in [1.807, 2.05) is 6.07 Å². The van der Waals surface area contributed by atoms with Crippen LogP contribution in [0.15, 0.2) is 18.2 Å². The number of hydrogen-bond donors (Lipinski definition) is 1. The maximum absolute atomic E-state index is 11.8. The second-order valence-corrected chi connectivity index (χ2v) is 6.02. The molecule has 0 aromatic heterocycles. The molecule has 1 N–H and O–H groups in total. The van der Waals surface area contributed by atoms with Crippen molar-refractivity contribution in [2.24, 2.45) is 5.92 Å². The third-order valence-electron chi connectivity index (χ3n) is 4.25. The number of nitrogens with one attached hydrogen (secondary N) is 1. The van der Waals surface area contributed by atoms with Gasteiger partial charge in [0.15, 0.2) is 0 Å². The fraction of sp³-hybridized carbons (Fsp3) is 0.556. The van der Waals surface area contributed by atoms with Crippen molar-refractivity contribution in [1.82, 2.24) is 0 Å². The summed E-state index contributed by atoms with van der Waals surface area (Å²) in [5.41, 5.74) is 1.09. The number of ether oxygens (including phenoxy) is 2. The van der Waals surface area contributed by atoms with Crippen LogP contribution in [-0.4, -0.2) is 25.6 Å². The van der Waals surface area contributed by atoms with E-state index in [0.717, 1.165) is 24.6 Å². The summed E-state index contributed by atoms with van der Waals surface area (Å²) in [6.07, 6.45) is 7.83. The highest BCUT2D eigenvalue weighted by Gasteiger charge is 2.16. The molecule has 0 radical (unpaired) electrons. The van der Waals surface area contributed by atoms with Crippen LogP contribution in [0.5, 0.6) is 5.75 Å². The summed E-state index contributed by atoms with van der Waals surface area (Å²) in [6.45, 7) is 2.18. The molecule has 0 atom stereocenters. The largest absolute Gasteiger partial charge is 0.465 e. The maximum atomic E-state index is 11.8. The van der Waals surface area contributed by atoms with E-state index in [2.05, 4.69) is 5.32 Å². The van der Waals surface area contributed by atoms with E-state index < -0.39 is 11.9 Å². The lowest BCUT2D eigenvalue weighted by Gasteiger charge is -2.21. The predicted molar refractivity (Wildman–Crippen MR) is 88.8 cm³/mol. The summed E-state index contributed by atoms with van der Waals surface area (Å²) < 4.78 is 9.81. The van der Waals surface area contributed by atoms with E-state index >= 15 is 0 Å². The Labute approximate surface area is 137 Å². The van der Waals surface area contributed by atoms with Gasteiger partial charge < -0.3 is 14.8 Å². The first-order chi connectivity index (χ1) is 11.1. The molecule has 1 aliphatic rings. The molecule has 0 aliphatic heterocycles. The standard InChI is InChI=1S/C18H25NO4/c1-13(20)23-17-9-8-15(12-16(17)18(21)22-2)19-11-10-14-6-4-3-5-7-14/h8-9,12,14,19H,3-7,10-11H2,1-2H3. The molecular weight excluding hydrogens is 294 g/mol. The Morgan fingerprint density at radius 1 is 1.22 bits per heavy atom. The Morgan fingerprint density at radius 2 is 1.96 bits per heavy atom. The summed E-state index contributed by atoms with van der Waals surface area (Å²) in [7, 11) is 1.31. The zero-order valence-corrected chi connectivity index (χ0v) is 13.9. The average molecular weight is 319 g/mol. The Kier molecular flexibility index (Phi) is 6.44. The molecule has 1 aliphatic carbocycles. The van der Waals surface area contributed by atoms with Crippen LogP contribution in [0.2, 0.25) is 0 Å². The molecule has 2 rings (SSSR count). The van der Waals surface area contributed by atoms with Crippen molar-refractivity contribution in [3.63, 3.8) is 0 Å². The zero-order chi connectivity index (χ0) is 16.7. The van der Waals surface area contributed by atoms with Gasteiger partial charge >= 0.3 is 11.9 Å². The third kappa shape index (κ3) is 5.27. The molecule has 1 aromatic rings. The Morgan fingerprint density at radius 3 is 2.61 bits per heavy atom. The smallest absolute Gasteiger partial charge is 0.341 e. The molecule has 0 bridgehead atoms. The summed E-state index contributed by atoms with van der Waals surface area (Å²) in [4.78, 5) is 23.0. The Hall–Kier alpha value is -2.04. The van der Waals surface area contributed by atoms with E-state index in [4.69, 9.17) is 9.47 Å². The molecular formula is C18H25NO4. The van der Waals surface area contributed by atoms with Crippen LogP contribution in [0.25, 0.3) is 0 Å². The van der Waals surface area contributed by atoms with Gasteiger partial charge in [-0.05, 0) is 30.5 Å². The van der Waals surface area contributed by atoms with E-state index in [-0.39, 0.29) is 11.3 Å². The molecule has 126 valence electrons. The molecule has 0 unspecified atom stereocenters. The molecule has 1 fully saturated rings. The quantitative estimate of drug-likeness (QED) is 0.638. The second-order valence-electron chi connectivity index (χ2n) is 6.02. The van der Waals surface area contributed by atoms with Crippen molar-refractivity contribution in [3.05, 3.63) is 23.8 Å². The van der Waals surface area contributed by atoms with Crippen LogP contribution in [0.3, 0.4) is 0 Å². The van der Waals surface area contributed by atoms with Crippen molar-refractivity contribution in [2.75, 3.05) is 19.0 Å². The number of carbonyl (C=O) groups is 2. The lowest BCUT2D eigenvalue weighted by atomic mass is 9.87. The maximum Gasteiger partial charge on any atom is 0.341 e. The third-order valence-corrected chi connectivity index (χ3v) is 4.25. The van der Waals surface area contributed by atoms with Crippen LogP contribution in [-0.2, 0) is 9.53 Å². The van der Waals surface area contributed by atoms with E-state index in [1.54, 1.807) is 12.1 Å². The Balaban J connectivity index is 1.98. The van der Waals surface area contributed by atoms with Crippen molar-refractivity contribution in [3.8, 4) is 5.75 Å². The number of esters is 2. The normalized spacial score (nSPS) is 15.0. The summed E-state index contributed by atoms with van der Waals surface area (Å²) in [6, 6.07) is 5.10. The van der Waals surface area contributed by atoms with Crippen molar-refractivity contribution >= 4 is 17.6 Å². The molecule has 5 heteroatoms. The highest BCUT2D eigenvalue weighted by Crippen LogP contribution is 2.27. The molecule has 0 saturated heterocycles. The van der Waals surface area contributed by atoms with Gasteiger partial charge in [-0.2, -0.15) is 0 Å². The molecule has 0 spiro atoms. The topological polar surface area (TPSA) is 64.6 Å². The van der Waals surface area contributed by atoms with E-state index in [1.165, 1.54) is 46.1 Å². The minimum atomic E-state index is -0.516. The molecule has 5 nitrogen and oxygen atoms in total. The number of rotatable bonds is 6. The number of carbonyl (C=O) groups excluding carboxylic acids is 2. The number of anilines is 1. The van der Waals surface area contributed by atoms with Gasteiger partial charge in [0.25, 0.3) is 0 Å². The molecule has 1 saturated carbocycles. The zero-order valence-electron chi connectivity index (χ0n) is 13.9. The molecule has 23 heavy (non-hydrogen) atoms. The SMILES string of the molecule is COC(=O)c1cc(NCCC2CCCCC2)ccc1OC(C)=O. The lowest BCUT2D eigenvalue weighted by Crippen LogP contribution is -2.13. The first-order valence-electron chi connectivity index (χ1n) is 8.25. The fourth-order valence-corrected chi connectivity index (χ4v) is 3.05. The first-order valence-corrected chi connectivity index (χ1v) is 8.25. The van der Waals surface area contributed by atoms with Gasteiger partial charge in [0.2, 0.25) is 0 Å². The highest BCUT2D eigenvalue weighted by atomic mass is 16.5. The first kappa shape index (κ1) is 17.3. The van der Waals surface area contributed by atoms with Crippen LogP contribution in [0.4, 0.5) is 5.69 Å². The Bertz CT molecular complexity index is 550. The van der Waals surface area contributed by atoms with Crippen molar-refractivity contribution in [2.45, 2.75) is 45.4 Å². The highest BCUT2D eigenvalue weighted by molar-refractivity contribution is 5.94. The minimum absolute atomic E-state index is 0.224. The fourth-order valence-electron chi connectivity index (χ4n) is 3.05. The van der Waals surface area contributed by atoms with Crippen molar-refractivity contribution < 1.29 is 19.1 Å². The van der Waals surface area contributed by atoms with Crippen LogP contribution in [0, 0.1) is 5.92 Å². The van der Waals surface area contributed by atoms with E-state index in [9.17, 15) is 9.59 Å². The lowest BCUT2D eigenvalue weighted by molar-refractivity contribution is -0.131. The van der Waals surface area contributed by atoms with Crippen LogP contribution < -0.4 is 10.1 Å². The number of benzene rings is 1. The number of methoxy groups -OCH3 is 1. The monoisotopic (exact) mass is 319 g/mol. The summed E-state index contributed by atoms with van der Waals surface area (Å²) >= 11 is 0. The van der Waals surface area contributed by atoms with Gasteiger partial charge in [-0.15, -0.1) is 0 Å². The van der Waals surface area contributed by atoms with E-state index in [0.29, 0.717) is 0 Å². The van der Waals surface area contributed by atoms with Gasteiger partial charge in [0, 0.05) is 19.2 Å². The van der Waals surface area contributed by atoms with Gasteiger partial charge in [0.1, 0.15) is 11.3 Å². The van der Waals surface area contributed by atoms with Gasteiger partial charge in [-0.25, -0.2) is 4.79 Å². The predicted octanol–water partition coefficient (Wildman–Crippen LogP) is 3.78. The van der Waals surface area contributed by atoms with Crippen LogP contribution in [0.1, 0.15) is 55.8 Å². The van der Waals surface area contributed by atoms with Gasteiger partial charge in [-0.3, -0.25) is 4.79 Å². The minimum Gasteiger partial charge on any atom is -0.465 e. The summed E-state index contributed by atoms with van der Waals surface area (Å²) in [5.74, 6) is 0.0455. The van der Waals surface area contributed by atoms with Crippen molar-refractivity contribution in [1.29, 1.82) is 0 Å². The average Bonchev–Trinajstić information content (AvgIpc) is 2.56.